The van der Waals surface area contributed by atoms with E-state index < -0.39 is 0 Å². The molecule has 0 atom stereocenters. The monoisotopic (exact) mass is 297 g/mol. The van der Waals surface area contributed by atoms with Crippen molar-refractivity contribution in [2.75, 3.05) is 12.4 Å². The van der Waals surface area contributed by atoms with Crippen LogP contribution in [0.25, 0.3) is 0 Å². The Bertz CT molecular complexity index is 645. The maximum atomic E-state index is 12.3. The van der Waals surface area contributed by atoms with E-state index in [0.29, 0.717) is 12.3 Å². The molecule has 116 valence electrons. The number of aryl methyl sites for hydroxylation is 1. The van der Waals surface area contributed by atoms with Crippen LogP contribution in [0, 0.1) is 6.92 Å². The van der Waals surface area contributed by atoms with Crippen LogP contribution in [0.2, 0.25) is 0 Å². The first-order valence-electron chi connectivity index (χ1n) is 7.53. The fourth-order valence-corrected chi connectivity index (χ4v) is 2.45. The Morgan fingerprint density at radius 3 is 2.41 bits per heavy atom. The predicted molar refractivity (Wildman–Crippen MR) is 90.6 cm³/mol. The van der Waals surface area contributed by atoms with E-state index in [9.17, 15) is 4.79 Å². The topological polar surface area (TPSA) is 38.3 Å². The lowest BCUT2D eigenvalue weighted by molar-refractivity contribution is -0.115. The molecule has 0 saturated carbocycles. The van der Waals surface area contributed by atoms with Crippen molar-refractivity contribution in [1.82, 2.24) is 0 Å². The smallest absolute Gasteiger partial charge is 0.228 e. The zero-order chi connectivity index (χ0) is 16.1. The van der Waals surface area contributed by atoms with Crippen LogP contribution in [0.1, 0.15) is 36.5 Å². The summed E-state index contributed by atoms with van der Waals surface area (Å²) in [5.41, 5.74) is 4.17. The number of hydrogen-bond donors (Lipinski definition) is 1. The molecule has 0 fully saturated rings. The summed E-state index contributed by atoms with van der Waals surface area (Å²) >= 11 is 0. The first kappa shape index (κ1) is 16.1. The average molecular weight is 297 g/mol. The number of methoxy groups -OCH3 is 1. The van der Waals surface area contributed by atoms with Gasteiger partial charge in [-0.15, -0.1) is 0 Å². The molecule has 0 aliphatic carbocycles. The van der Waals surface area contributed by atoms with Crippen LogP contribution in [0.3, 0.4) is 0 Å². The molecule has 2 aromatic carbocycles. The molecular formula is C19H23NO2. The maximum Gasteiger partial charge on any atom is 0.228 e. The number of carbonyl (C=O) groups is 1. The van der Waals surface area contributed by atoms with Crippen molar-refractivity contribution in [1.29, 1.82) is 0 Å². The van der Waals surface area contributed by atoms with E-state index >= 15 is 0 Å². The second-order valence-electron chi connectivity index (χ2n) is 5.77. The summed E-state index contributed by atoms with van der Waals surface area (Å²) in [6.07, 6.45) is 0.357. The van der Waals surface area contributed by atoms with Gasteiger partial charge in [-0.1, -0.05) is 44.2 Å². The number of benzene rings is 2. The lowest BCUT2D eigenvalue weighted by Gasteiger charge is -2.16. The van der Waals surface area contributed by atoms with Gasteiger partial charge in [0.25, 0.3) is 0 Å². The summed E-state index contributed by atoms with van der Waals surface area (Å²) in [5.74, 6) is 1.17. The van der Waals surface area contributed by atoms with Gasteiger partial charge in [0.15, 0.2) is 0 Å². The number of carbonyl (C=O) groups excluding carboxylic acids is 1. The number of amides is 1. The molecule has 1 N–H and O–H groups in total. The molecule has 0 unspecified atom stereocenters. The lowest BCUT2D eigenvalue weighted by atomic mass is 9.98. The van der Waals surface area contributed by atoms with Crippen LogP contribution in [0.4, 0.5) is 5.69 Å². The third-order valence-corrected chi connectivity index (χ3v) is 3.72. The second-order valence-corrected chi connectivity index (χ2v) is 5.77. The molecule has 0 aromatic heterocycles. The van der Waals surface area contributed by atoms with Crippen molar-refractivity contribution in [3.63, 3.8) is 0 Å². The first-order valence-corrected chi connectivity index (χ1v) is 7.53. The standard InChI is InChI=1S/C19H23NO2/c1-13(2)17-7-5-6-14(3)19(17)20-18(21)12-15-8-10-16(22-4)11-9-15/h5-11,13H,12H2,1-4H3,(H,20,21). The molecule has 1 amide bonds. The molecular weight excluding hydrogens is 274 g/mol. The molecule has 0 radical (unpaired) electrons. The van der Waals surface area contributed by atoms with Crippen molar-refractivity contribution < 1.29 is 9.53 Å². The molecule has 0 bridgehead atoms. The Labute approximate surface area is 132 Å². The van der Waals surface area contributed by atoms with E-state index in [2.05, 4.69) is 25.2 Å². The van der Waals surface area contributed by atoms with Gasteiger partial charge < -0.3 is 10.1 Å². The fraction of sp³-hybridized carbons (Fsp3) is 0.316. The average Bonchev–Trinajstić information content (AvgIpc) is 2.49. The molecule has 3 heteroatoms. The van der Waals surface area contributed by atoms with Crippen LogP contribution < -0.4 is 10.1 Å². The summed E-state index contributed by atoms with van der Waals surface area (Å²) in [5, 5.41) is 3.07. The third-order valence-electron chi connectivity index (χ3n) is 3.72. The summed E-state index contributed by atoms with van der Waals surface area (Å²) in [4.78, 5) is 12.3. The quantitative estimate of drug-likeness (QED) is 0.893. The molecule has 0 spiro atoms. The van der Waals surface area contributed by atoms with E-state index in [0.717, 1.165) is 22.6 Å². The summed E-state index contributed by atoms with van der Waals surface area (Å²) in [6, 6.07) is 13.7. The van der Waals surface area contributed by atoms with Gasteiger partial charge in [-0.25, -0.2) is 0 Å². The van der Waals surface area contributed by atoms with Crippen LogP contribution in [-0.4, -0.2) is 13.0 Å². The zero-order valence-corrected chi connectivity index (χ0v) is 13.6. The van der Waals surface area contributed by atoms with E-state index in [4.69, 9.17) is 4.74 Å². The summed E-state index contributed by atoms with van der Waals surface area (Å²) in [6.45, 7) is 6.29. The summed E-state index contributed by atoms with van der Waals surface area (Å²) in [7, 11) is 1.63. The molecule has 0 saturated heterocycles. The zero-order valence-electron chi connectivity index (χ0n) is 13.6. The van der Waals surface area contributed by atoms with Gasteiger partial charge in [0.1, 0.15) is 5.75 Å². The van der Waals surface area contributed by atoms with E-state index in [-0.39, 0.29) is 5.91 Å². The van der Waals surface area contributed by atoms with Gasteiger partial charge in [0, 0.05) is 5.69 Å². The van der Waals surface area contributed by atoms with E-state index in [1.54, 1.807) is 7.11 Å². The SMILES string of the molecule is COc1ccc(CC(=O)Nc2c(C)cccc2C(C)C)cc1. The minimum atomic E-state index is 0.00127. The second kappa shape index (κ2) is 7.12. The van der Waals surface area contributed by atoms with Gasteiger partial charge in [-0.3, -0.25) is 4.79 Å². The minimum Gasteiger partial charge on any atom is -0.497 e. The molecule has 3 nitrogen and oxygen atoms in total. The number of ether oxygens (including phenoxy) is 1. The van der Waals surface area contributed by atoms with Gasteiger partial charge in [-0.05, 0) is 41.7 Å². The highest BCUT2D eigenvalue weighted by Crippen LogP contribution is 2.27. The van der Waals surface area contributed by atoms with Gasteiger partial charge in [-0.2, -0.15) is 0 Å². The van der Waals surface area contributed by atoms with E-state index in [1.165, 1.54) is 5.56 Å². The predicted octanol–water partition coefficient (Wildman–Crippen LogP) is 4.31. The number of rotatable bonds is 5. The highest BCUT2D eigenvalue weighted by atomic mass is 16.5. The largest absolute Gasteiger partial charge is 0.497 e. The van der Waals surface area contributed by atoms with Crippen LogP contribution in [0.5, 0.6) is 5.75 Å². The Morgan fingerprint density at radius 1 is 1.14 bits per heavy atom. The van der Waals surface area contributed by atoms with Crippen molar-refractivity contribution in [2.45, 2.75) is 33.1 Å². The first-order chi connectivity index (χ1) is 10.5. The number of anilines is 1. The summed E-state index contributed by atoms with van der Waals surface area (Å²) < 4.78 is 5.13. The van der Waals surface area contributed by atoms with E-state index in [1.807, 2.05) is 43.3 Å². The molecule has 0 aliphatic rings. The van der Waals surface area contributed by atoms with Crippen LogP contribution in [0.15, 0.2) is 42.5 Å². The number of nitrogens with one attached hydrogen (secondary N) is 1. The molecule has 2 rings (SSSR count). The molecule has 2 aromatic rings. The number of hydrogen-bond acceptors (Lipinski definition) is 2. The molecule has 0 aliphatic heterocycles. The highest BCUT2D eigenvalue weighted by molar-refractivity contribution is 5.93. The lowest BCUT2D eigenvalue weighted by Crippen LogP contribution is -2.16. The third kappa shape index (κ3) is 3.88. The normalized spacial score (nSPS) is 10.6. The highest BCUT2D eigenvalue weighted by Gasteiger charge is 2.12. The Hall–Kier alpha value is -2.29. The van der Waals surface area contributed by atoms with Crippen molar-refractivity contribution in [2.24, 2.45) is 0 Å². The minimum absolute atomic E-state index is 0.00127. The fourth-order valence-electron chi connectivity index (χ4n) is 2.45. The van der Waals surface area contributed by atoms with Crippen molar-refractivity contribution in [3.05, 3.63) is 59.2 Å². The Kier molecular flexibility index (Phi) is 5.21. The van der Waals surface area contributed by atoms with Crippen molar-refractivity contribution in [3.8, 4) is 5.75 Å². The van der Waals surface area contributed by atoms with Gasteiger partial charge >= 0.3 is 0 Å². The number of para-hydroxylation sites is 1. The van der Waals surface area contributed by atoms with Crippen LogP contribution in [-0.2, 0) is 11.2 Å². The van der Waals surface area contributed by atoms with Gasteiger partial charge in [0.05, 0.1) is 13.5 Å². The maximum absolute atomic E-state index is 12.3. The van der Waals surface area contributed by atoms with Crippen molar-refractivity contribution >= 4 is 11.6 Å². The Balaban J connectivity index is 2.12. The molecule has 22 heavy (non-hydrogen) atoms. The molecule has 0 heterocycles. The Morgan fingerprint density at radius 2 is 1.82 bits per heavy atom. The van der Waals surface area contributed by atoms with Gasteiger partial charge in [0.2, 0.25) is 5.91 Å². The van der Waals surface area contributed by atoms with Crippen LogP contribution >= 0.6 is 0 Å².